The zero-order valence-electron chi connectivity index (χ0n) is 26.8. The van der Waals surface area contributed by atoms with E-state index >= 15 is 0 Å². The highest BCUT2D eigenvalue weighted by molar-refractivity contribution is 9.10. The van der Waals surface area contributed by atoms with Crippen LogP contribution in [0.1, 0.15) is 34.8 Å². The van der Waals surface area contributed by atoms with Crippen LogP contribution < -0.4 is 29.8 Å². The number of carbonyl (C=O) groups excluding carboxylic acids is 1. The number of halogens is 2. The largest absolute Gasteiger partial charge is 0.494 e. The van der Waals surface area contributed by atoms with E-state index in [1.54, 1.807) is 21.3 Å². The quantitative estimate of drug-likeness (QED) is 0.0948. The molecule has 0 radical (unpaired) electrons. The number of hydrazine groups is 1. The molecule has 0 bridgehead atoms. The van der Waals surface area contributed by atoms with Crippen molar-refractivity contribution < 1.29 is 33.6 Å². The van der Waals surface area contributed by atoms with Crippen LogP contribution in [0, 0.1) is 0 Å². The molecule has 0 fully saturated rings. The number of ether oxygens (including phenoxy) is 5. The zero-order valence-corrected chi connectivity index (χ0v) is 30.0. The summed E-state index contributed by atoms with van der Waals surface area (Å²) in [6.45, 7) is 0.710. The number of nitrogens with zero attached hydrogens (tertiary/aromatic N) is 1. The molecule has 0 spiro atoms. The summed E-state index contributed by atoms with van der Waals surface area (Å²) >= 11 is 7.20. The second-order valence-electron chi connectivity index (χ2n) is 11.0. The highest BCUT2D eigenvalue weighted by Gasteiger charge is 2.54. The fraction of sp³-hybridized carbons (Fsp3) is 0.278. The molecule has 1 aliphatic heterocycles. The normalized spacial score (nSPS) is 16.9. The van der Waals surface area contributed by atoms with Crippen LogP contribution in [0.4, 0.5) is 0 Å². The van der Waals surface area contributed by atoms with Crippen LogP contribution in [0.25, 0.3) is 0 Å². The predicted octanol–water partition coefficient (Wildman–Crippen LogP) is 6.32. The standard InChI is InChI=1S/C36H37Br2N3O7/c1-44-30-19-24(20-31(45-2)32(30)46-3)22-39-41-35(43)36(21-23-9-13-26(37)14-10-23)33(28-7-4-5-8-29(28)38)48-34(40-36)25-11-15-27(16-12-25)47-18-6-17-42/h4-5,7-16,19-20,33,39,42H,6,17-18,21-22H2,1-3H3,(H,41,43)/t33-,36-/m0/s1. The average Bonchev–Trinajstić information content (AvgIpc) is 3.49. The number of hydrogen-bond acceptors (Lipinski definition) is 9. The van der Waals surface area contributed by atoms with Gasteiger partial charge in [-0.25, -0.2) is 10.4 Å². The number of aliphatic hydroxyl groups is 1. The summed E-state index contributed by atoms with van der Waals surface area (Å²) in [6.07, 6.45) is -0.00217. The maximum atomic E-state index is 14.6. The second-order valence-corrected chi connectivity index (χ2v) is 12.7. The number of hydrogen-bond donors (Lipinski definition) is 3. The van der Waals surface area contributed by atoms with E-state index in [-0.39, 0.29) is 25.5 Å². The van der Waals surface area contributed by atoms with Gasteiger partial charge < -0.3 is 28.8 Å². The molecule has 0 aromatic heterocycles. The Kier molecular flexibility index (Phi) is 12.0. The van der Waals surface area contributed by atoms with E-state index in [0.717, 1.165) is 25.6 Å². The van der Waals surface area contributed by atoms with Crippen LogP contribution in [0.2, 0.25) is 0 Å². The van der Waals surface area contributed by atoms with E-state index < -0.39 is 11.6 Å². The van der Waals surface area contributed by atoms with Gasteiger partial charge >= 0.3 is 0 Å². The number of rotatable bonds is 15. The molecule has 4 aromatic carbocycles. The lowest BCUT2D eigenvalue weighted by molar-refractivity contribution is -0.130. The summed E-state index contributed by atoms with van der Waals surface area (Å²) in [4.78, 5) is 19.6. The molecule has 0 unspecified atom stereocenters. The summed E-state index contributed by atoms with van der Waals surface area (Å²) < 4.78 is 30.5. The maximum absolute atomic E-state index is 14.6. The summed E-state index contributed by atoms with van der Waals surface area (Å²) in [5.74, 6) is 2.09. The van der Waals surface area contributed by atoms with E-state index in [2.05, 4.69) is 42.7 Å². The molecule has 2 atom stereocenters. The highest BCUT2D eigenvalue weighted by atomic mass is 79.9. The van der Waals surface area contributed by atoms with Crippen molar-refractivity contribution in [2.75, 3.05) is 34.5 Å². The Balaban J connectivity index is 1.51. The number of carbonyl (C=O) groups is 1. The molecule has 0 saturated heterocycles. The fourth-order valence-electron chi connectivity index (χ4n) is 5.43. The summed E-state index contributed by atoms with van der Waals surface area (Å²) in [6, 6.07) is 26.4. The number of methoxy groups -OCH3 is 3. The molecular formula is C36H37Br2N3O7. The third-order valence-electron chi connectivity index (χ3n) is 7.82. The Hall–Kier alpha value is -4.10. The molecule has 1 heterocycles. The van der Waals surface area contributed by atoms with Gasteiger partial charge in [0.1, 0.15) is 5.75 Å². The van der Waals surface area contributed by atoms with E-state index in [9.17, 15) is 4.79 Å². The molecule has 1 amide bonds. The first-order chi connectivity index (χ1) is 23.3. The van der Waals surface area contributed by atoms with Crippen LogP contribution >= 0.6 is 31.9 Å². The molecule has 12 heteroatoms. The zero-order chi connectivity index (χ0) is 34.1. The van der Waals surface area contributed by atoms with E-state index in [0.29, 0.717) is 47.5 Å². The van der Waals surface area contributed by atoms with Gasteiger partial charge in [0, 0.05) is 46.1 Å². The molecule has 4 aromatic rings. The Morgan fingerprint density at radius 1 is 0.917 bits per heavy atom. The van der Waals surface area contributed by atoms with Gasteiger partial charge in [0.15, 0.2) is 23.1 Å². The SMILES string of the molecule is COc1cc(CNNC(=O)[C@@]2(Cc3ccc(Br)cc3)N=C(c3ccc(OCCCO)cc3)O[C@H]2c2ccccc2Br)cc(OC)c1OC. The summed E-state index contributed by atoms with van der Waals surface area (Å²) in [5, 5.41) is 9.09. The van der Waals surface area contributed by atoms with Crippen molar-refractivity contribution in [2.45, 2.75) is 31.0 Å². The molecule has 48 heavy (non-hydrogen) atoms. The number of amides is 1. The van der Waals surface area contributed by atoms with Crippen molar-refractivity contribution in [1.29, 1.82) is 0 Å². The first-order valence-electron chi connectivity index (χ1n) is 15.2. The minimum atomic E-state index is -1.41. The lowest BCUT2D eigenvalue weighted by atomic mass is 9.82. The molecule has 5 rings (SSSR count). The van der Waals surface area contributed by atoms with Crippen LogP contribution in [-0.4, -0.2) is 57.0 Å². The molecule has 3 N–H and O–H groups in total. The van der Waals surface area contributed by atoms with E-state index in [1.165, 1.54) is 0 Å². The van der Waals surface area contributed by atoms with Gasteiger partial charge in [0.05, 0.1) is 27.9 Å². The third kappa shape index (κ3) is 7.95. The van der Waals surface area contributed by atoms with Crippen LogP contribution in [0.15, 0.2) is 98.9 Å². The highest BCUT2D eigenvalue weighted by Crippen LogP contribution is 2.45. The lowest BCUT2D eigenvalue weighted by Crippen LogP contribution is -2.53. The topological polar surface area (TPSA) is 120 Å². The van der Waals surface area contributed by atoms with E-state index in [4.69, 9.17) is 33.8 Å². The smallest absolute Gasteiger partial charge is 0.266 e. The second kappa shape index (κ2) is 16.3. The van der Waals surface area contributed by atoms with Crippen molar-refractivity contribution >= 4 is 43.7 Å². The summed E-state index contributed by atoms with van der Waals surface area (Å²) in [5.41, 5.74) is 7.75. The molecule has 0 saturated carbocycles. The first kappa shape index (κ1) is 35.2. The van der Waals surface area contributed by atoms with Gasteiger partial charge in [-0.05, 0) is 65.7 Å². The lowest BCUT2D eigenvalue weighted by Gasteiger charge is -2.31. The molecule has 10 nitrogen and oxygen atoms in total. The van der Waals surface area contributed by atoms with Gasteiger partial charge in [-0.3, -0.25) is 10.2 Å². The molecular weight excluding hydrogens is 746 g/mol. The fourth-order valence-corrected chi connectivity index (χ4v) is 6.19. The van der Waals surface area contributed by atoms with Crippen molar-refractivity contribution in [3.8, 4) is 23.0 Å². The number of aliphatic hydroxyl groups excluding tert-OH is 1. The van der Waals surface area contributed by atoms with Gasteiger partial charge in [-0.15, -0.1) is 0 Å². The predicted molar refractivity (Wildman–Crippen MR) is 190 cm³/mol. The van der Waals surface area contributed by atoms with Gasteiger partial charge in [0.25, 0.3) is 5.91 Å². The summed E-state index contributed by atoms with van der Waals surface area (Å²) in [7, 11) is 4.65. The Labute approximate surface area is 296 Å². The molecule has 0 aliphatic carbocycles. The number of benzene rings is 4. The monoisotopic (exact) mass is 781 g/mol. The number of aliphatic imine (C=N–C) groups is 1. The van der Waals surface area contributed by atoms with Crippen LogP contribution in [0.3, 0.4) is 0 Å². The van der Waals surface area contributed by atoms with Crippen LogP contribution in [-0.2, 0) is 22.5 Å². The van der Waals surface area contributed by atoms with Crippen molar-refractivity contribution in [1.82, 2.24) is 10.9 Å². The van der Waals surface area contributed by atoms with Crippen molar-refractivity contribution in [3.63, 3.8) is 0 Å². The Morgan fingerprint density at radius 2 is 1.60 bits per heavy atom. The number of nitrogens with one attached hydrogen (secondary N) is 2. The van der Waals surface area contributed by atoms with Crippen LogP contribution in [0.5, 0.6) is 23.0 Å². The minimum absolute atomic E-state index is 0.0546. The Bertz CT molecular complexity index is 1710. The molecule has 252 valence electrons. The molecule has 1 aliphatic rings. The first-order valence-corrected chi connectivity index (χ1v) is 16.8. The van der Waals surface area contributed by atoms with Gasteiger partial charge in [0.2, 0.25) is 11.6 Å². The van der Waals surface area contributed by atoms with E-state index in [1.807, 2.05) is 84.9 Å². The van der Waals surface area contributed by atoms with Crippen molar-refractivity contribution in [3.05, 3.63) is 116 Å². The minimum Gasteiger partial charge on any atom is -0.494 e. The van der Waals surface area contributed by atoms with Gasteiger partial charge in [-0.1, -0.05) is 62.2 Å². The Morgan fingerprint density at radius 3 is 2.23 bits per heavy atom. The van der Waals surface area contributed by atoms with Gasteiger partial charge in [-0.2, -0.15) is 0 Å². The maximum Gasteiger partial charge on any atom is 0.266 e. The third-order valence-corrected chi connectivity index (χ3v) is 9.07. The average molecular weight is 784 g/mol. The van der Waals surface area contributed by atoms with Crippen molar-refractivity contribution in [2.24, 2.45) is 4.99 Å².